The van der Waals surface area contributed by atoms with E-state index in [1.165, 1.54) is 12.1 Å². The van der Waals surface area contributed by atoms with Gasteiger partial charge in [-0.15, -0.1) is 5.10 Å². The summed E-state index contributed by atoms with van der Waals surface area (Å²) >= 11 is 0. The van der Waals surface area contributed by atoms with Crippen molar-refractivity contribution >= 4 is 16.0 Å². The Kier molecular flexibility index (Phi) is 5.51. The minimum Gasteiger partial charge on any atom is -0.460 e. The summed E-state index contributed by atoms with van der Waals surface area (Å²) < 4.78 is 30.4. The molecule has 2 N–H and O–H groups in total. The Balaban J connectivity index is 1.48. The van der Waals surface area contributed by atoms with Crippen molar-refractivity contribution in [3.05, 3.63) is 71.3 Å². The largest absolute Gasteiger partial charge is 0.460 e. The van der Waals surface area contributed by atoms with Crippen molar-refractivity contribution < 1.29 is 17.9 Å². The maximum atomic E-state index is 12.2. The normalized spacial score (nSPS) is 20.7. The molecule has 0 amide bonds. The van der Waals surface area contributed by atoms with Gasteiger partial charge in [0.05, 0.1) is 17.1 Å². The predicted molar refractivity (Wildman–Crippen MR) is 120 cm³/mol. The van der Waals surface area contributed by atoms with Crippen molar-refractivity contribution in [3.63, 3.8) is 0 Å². The quantitative estimate of drug-likeness (QED) is 0.548. The third kappa shape index (κ3) is 4.54. The molecule has 0 radical (unpaired) electrons. The fourth-order valence-corrected chi connectivity index (χ4v) is 5.05. The van der Waals surface area contributed by atoms with E-state index in [-0.39, 0.29) is 23.0 Å². The van der Waals surface area contributed by atoms with Crippen molar-refractivity contribution in [1.29, 1.82) is 0 Å². The molecule has 3 aliphatic heterocycles. The zero-order valence-electron chi connectivity index (χ0n) is 18.2. The maximum Gasteiger partial charge on any atom is 0.323 e. The van der Waals surface area contributed by atoms with Crippen LogP contribution in [0.3, 0.4) is 0 Å². The van der Waals surface area contributed by atoms with Gasteiger partial charge >= 0.3 is 5.97 Å². The highest BCUT2D eigenvalue weighted by atomic mass is 32.2. The lowest BCUT2D eigenvalue weighted by atomic mass is 9.96. The van der Waals surface area contributed by atoms with Gasteiger partial charge in [0.15, 0.2) is 5.82 Å². The van der Waals surface area contributed by atoms with E-state index in [0.717, 1.165) is 29.8 Å². The first-order chi connectivity index (χ1) is 15.8. The van der Waals surface area contributed by atoms with Gasteiger partial charge < -0.3 is 4.74 Å². The number of aryl methyl sites for hydroxylation is 1. The first-order valence-electron chi connectivity index (χ1n) is 10.8. The highest BCUT2D eigenvalue weighted by molar-refractivity contribution is 7.89. The lowest BCUT2D eigenvalue weighted by Crippen LogP contribution is -2.56. The Labute approximate surface area is 192 Å². The Morgan fingerprint density at radius 3 is 2.61 bits per heavy atom. The molecule has 6 rings (SSSR count). The number of esters is 1. The van der Waals surface area contributed by atoms with Crippen LogP contribution in [-0.2, 0) is 32.5 Å². The van der Waals surface area contributed by atoms with Gasteiger partial charge in [0.25, 0.3) is 0 Å². The van der Waals surface area contributed by atoms with Crippen LogP contribution >= 0.6 is 0 Å². The smallest absolute Gasteiger partial charge is 0.323 e. The van der Waals surface area contributed by atoms with Crippen molar-refractivity contribution in [2.24, 2.45) is 5.14 Å². The van der Waals surface area contributed by atoms with Crippen LogP contribution in [0.1, 0.15) is 35.6 Å². The van der Waals surface area contributed by atoms with Gasteiger partial charge in [0, 0.05) is 13.0 Å². The number of sulfonamides is 1. The molecule has 1 aromatic heterocycles. The van der Waals surface area contributed by atoms with Crippen LogP contribution in [0.5, 0.6) is 0 Å². The molecule has 0 spiro atoms. The predicted octanol–water partition coefficient (Wildman–Crippen LogP) is 1.70. The number of piperidine rings is 1. The Morgan fingerprint density at radius 2 is 1.94 bits per heavy atom. The number of nitrogens with zero attached hydrogens (tertiary/aromatic N) is 4. The number of ether oxygens (including phenoxy) is 1. The van der Waals surface area contributed by atoms with Gasteiger partial charge in [0.2, 0.25) is 10.0 Å². The number of morpholine rings is 1. The summed E-state index contributed by atoms with van der Waals surface area (Å²) in [5.74, 6) is 1.16. The molecule has 3 saturated heterocycles. The van der Waals surface area contributed by atoms with Gasteiger partial charge in [-0.2, -0.15) is 0 Å². The monoisotopic (exact) mass is 467 g/mol. The number of fused-ring (bicyclic) bond motifs is 3. The lowest BCUT2D eigenvalue weighted by Gasteiger charge is -2.42. The molecule has 33 heavy (non-hydrogen) atoms. The molecule has 2 unspecified atom stereocenters. The molecule has 2 aromatic carbocycles. The van der Waals surface area contributed by atoms with Crippen LogP contribution in [0.2, 0.25) is 0 Å². The molecule has 3 fully saturated rings. The van der Waals surface area contributed by atoms with E-state index in [4.69, 9.17) is 20.0 Å². The van der Waals surface area contributed by atoms with Crippen molar-refractivity contribution in [3.8, 4) is 5.69 Å². The van der Waals surface area contributed by atoms with Crippen molar-refractivity contribution in [1.82, 2.24) is 19.7 Å². The minimum absolute atomic E-state index is 0.0367. The second-order valence-electron chi connectivity index (χ2n) is 8.64. The van der Waals surface area contributed by atoms with Crippen LogP contribution in [-0.4, -0.2) is 52.7 Å². The average molecular weight is 468 g/mol. The van der Waals surface area contributed by atoms with E-state index in [1.54, 1.807) is 16.8 Å². The first-order valence-corrected chi connectivity index (χ1v) is 12.4. The van der Waals surface area contributed by atoms with Crippen LogP contribution < -0.4 is 5.14 Å². The number of benzene rings is 2. The number of hydrogen-bond acceptors (Lipinski definition) is 7. The number of carbonyl (C=O) groups excluding carboxylic acids is 1. The van der Waals surface area contributed by atoms with Crippen LogP contribution in [0.15, 0.2) is 53.4 Å². The third-order valence-electron chi connectivity index (χ3n) is 6.11. The van der Waals surface area contributed by atoms with E-state index in [1.807, 2.05) is 25.1 Å². The Bertz CT molecular complexity index is 1300. The number of primary sulfonamides is 1. The fraction of sp³-hybridized carbons (Fsp3) is 0.348. The third-order valence-corrected chi connectivity index (χ3v) is 7.04. The molecular weight excluding hydrogens is 442 g/mol. The maximum absolute atomic E-state index is 12.2. The lowest BCUT2D eigenvalue weighted by molar-refractivity contribution is -0.176. The van der Waals surface area contributed by atoms with E-state index >= 15 is 0 Å². The highest BCUT2D eigenvalue weighted by Gasteiger charge is 2.42. The number of aromatic nitrogens is 3. The van der Waals surface area contributed by atoms with Crippen LogP contribution in [0, 0.1) is 6.92 Å². The first kappa shape index (κ1) is 21.7. The minimum atomic E-state index is -3.79. The second kappa shape index (κ2) is 8.36. The molecule has 2 bridgehead atoms. The fourth-order valence-electron chi connectivity index (χ4n) is 4.53. The molecule has 172 valence electrons. The van der Waals surface area contributed by atoms with E-state index < -0.39 is 10.0 Å². The molecule has 4 heterocycles. The van der Waals surface area contributed by atoms with E-state index in [2.05, 4.69) is 11.0 Å². The number of nitrogens with two attached hydrogens (primary N) is 1. The molecular formula is C23H25N5O4S. The van der Waals surface area contributed by atoms with Gasteiger partial charge in [-0.05, 0) is 49.6 Å². The molecule has 3 aliphatic rings. The second-order valence-corrected chi connectivity index (χ2v) is 10.2. The van der Waals surface area contributed by atoms with Crippen LogP contribution in [0.4, 0.5) is 0 Å². The number of carbonyl (C=O) groups is 1. The highest BCUT2D eigenvalue weighted by Crippen LogP contribution is 2.28. The summed E-state index contributed by atoms with van der Waals surface area (Å²) in [5, 5.41) is 9.96. The van der Waals surface area contributed by atoms with E-state index in [9.17, 15) is 13.2 Å². The summed E-state index contributed by atoms with van der Waals surface area (Å²) in [6.45, 7) is 3.16. The van der Waals surface area contributed by atoms with E-state index in [0.29, 0.717) is 31.0 Å². The standard InChI is InChI=1S/C23H25N5O4S/c1-15-3-2-4-16(11-15)12-22-25-21(14-27-13-18-7-10-20(27)23(29)32-18)26-28(22)17-5-8-19(9-6-17)33(24,30)31/h2-6,8-9,11,18,20H,7,10,12-14H2,1H3,(H2,24,30,31). The molecule has 0 aliphatic carbocycles. The molecule has 0 saturated carbocycles. The Morgan fingerprint density at radius 1 is 1.15 bits per heavy atom. The van der Waals surface area contributed by atoms with Gasteiger partial charge in [0.1, 0.15) is 18.0 Å². The summed E-state index contributed by atoms with van der Waals surface area (Å²) in [5.41, 5.74) is 2.93. The molecule has 10 heteroatoms. The summed E-state index contributed by atoms with van der Waals surface area (Å²) in [6.07, 6.45) is 2.17. The zero-order valence-corrected chi connectivity index (χ0v) is 19.0. The summed E-state index contributed by atoms with van der Waals surface area (Å²) in [4.78, 5) is 19.1. The molecule has 3 aromatic rings. The van der Waals surface area contributed by atoms with Crippen molar-refractivity contribution in [2.75, 3.05) is 6.54 Å². The number of hydrogen-bond donors (Lipinski definition) is 1. The Hall–Kier alpha value is -3.08. The summed E-state index contributed by atoms with van der Waals surface area (Å²) in [7, 11) is -3.79. The van der Waals surface area contributed by atoms with Gasteiger partial charge in [-0.1, -0.05) is 29.8 Å². The molecule has 2 atom stereocenters. The van der Waals surface area contributed by atoms with Crippen LogP contribution in [0.25, 0.3) is 5.69 Å². The molecule has 9 nitrogen and oxygen atoms in total. The van der Waals surface area contributed by atoms with Gasteiger partial charge in [-0.3, -0.25) is 9.69 Å². The SMILES string of the molecule is Cc1cccc(Cc2nc(CN3CC4CCC3C(=O)O4)nn2-c2ccc(S(N)(=O)=O)cc2)c1. The summed E-state index contributed by atoms with van der Waals surface area (Å²) in [6, 6.07) is 14.2. The van der Waals surface area contributed by atoms with Crippen molar-refractivity contribution in [2.45, 2.75) is 49.8 Å². The zero-order chi connectivity index (χ0) is 23.2. The number of rotatable bonds is 6. The topological polar surface area (TPSA) is 120 Å². The van der Waals surface area contributed by atoms with Gasteiger partial charge in [-0.25, -0.2) is 23.2 Å². The average Bonchev–Trinajstić information content (AvgIpc) is 3.15.